The van der Waals surface area contributed by atoms with E-state index < -0.39 is 0 Å². The van der Waals surface area contributed by atoms with Crippen LogP contribution in [0.2, 0.25) is 0 Å². The van der Waals surface area contributed by atoms with Gasteiger partial charge in [0.1, 0.15) is 0 Å². The van der Waals surface area contributed by atoms with Gasteiger partial charge in [-0.05, 0) is 96.3 Å². The second-order valence-corrected chi connectivity index (χ2v) is 11.5. The molecule has 4 aliphatic carbocycles. The third-order valence-electron chi connectivity index (χ3n) is 7.90. The number of carbonyl (C=O) groups is 2. The van der Waals surface area contributed by atoms with Gasteiger partial charge in [0, 0.05) is 30.1 Å². The van der Waals surface area contributed by atoms with E-state index in [1.165, 1.54) is 38.5 Å². The molecule has 1 spiro atoms. The minimum absolute atomic E-state index is 0.122. The van der Waals surface area contributed by atoms with Crippen LogP contribution >= 0.6 is 0 Å². The van der Waals surface area contributed by atoms with E-state index in [-0.39, 0.29) is 22.9 Å². The molecule has 5 rings (SSSR count). The molecule has 0 aromatic carbocycles. The largest absolute Gasteiger partial charge is 0.350 e. The van der Waals surface area contributed by atoms with Gasteiger partial charge in [0.15, 0.2) is 0 Å². The number of hydrogen-bond acceptors (Lipinski definition) is 3. The van der Waals surface area contributed by atoms with Crippen molar-refractivity contribution in [2.24, 2.45) is 17.3 Å². The summed E-state index contributed by atoms with van der Waals surface area (Å²) in [6, 6.07) is 0. The van der Waals surface area contributed by atoms with Crippen LogP contribution in [0.3, 0.4) is 0 Å². The highest BCUT2D eigenvalue weighted by Crippen LogP contribution is 2.47. The number of fused-ring (bicyclic) bond motifs is 3. The van der Waals surface area contributed by atoms with E-state index in [9.17, 15) is 9.59 Å². The van der Waals surface area contributed by atoms with Gasteiger partial charge in [-0.3, -0.25) is 14.5 Å². The Morgan fingerprint density at radius 2 is 1.50 bits per heavy atom. The minimum Gasteiger partial charge on any atom is -0.350 e. The van der Waals surface area contributed by atoms with Crippen LogP contribution in [0.5, 0.6) is 0 Å². The number of hydrogen-bond donors (Lipinski definition) is 2. The molecule has 4 saturated carbocycles. The highest BCUT2D eigenvalue weighted by molar-refractivity contribution is 5.80. The molecular weight excluding hydrogens is 350 g/mol. The van der Waals surface area contributed by atoms with Crippen molar-refractivity contribution in [2.45, 2.75) is 96.1 Å². The van der Waals surface area contributed by atoms with E-state index >= 15 is 0 Å². The average molecular weight is 390 g/mol. The summed E-state index contributed by atoms with van der Waals surface area (Å²) in [5.41, 5.74) is 0.330. The smallest absolute Gasteiger partial charge is 0.234 e. The van der Waals surface area contributed by atoms with Crippen LogP contribution in [0.1, 0.15) is 85.0 Å². The summed E-state index contributed by atoms with van der Waals surface area (Å²) >= 11 is 0. The summed E-state index contributed by atoms with van der Waals surface area (Å²) in [6.45, 7) is 8.61. The number of carbonyl (C=O) groups excluding carboxylic acids is 2. The van der Waals surface area contributed by atoms with Crippen LogP contribution in [-0.4, -0.2) is 47.4 Å². The summed E-state index contributed by atoms with van der Waals surface area (Å²) in [6.07, 6.45) is 11.9. The molecule has 158 valence electrons. The first-order valence-electron chi connectivity index (χ1n) is 11.5. The average Bonchev–Trinajstić information content (AvgIpc) is 2.60. The Balaban J connectivity index is 1.20. The lowest BCUT2D eigenvalue weighted by molar-refractivity contribution is -0.133. The van der Waals surface area contributed by atoms with Crippen molar-refractivity contribution in [1.82, 2.24) is 15.5 Å². The summed E-state index contributed by atoms with van der Waals surface area (Å²) in [5.74, 6) is 1.59. The molecule has 28 heavy (non-hydrogen) atoms. The molecule has 5 aliphatic rings. The van der Waals surface area contributed by atoms with Crippen LogP contribution in [-0.2, 0) is 9.59 Å². The molecule has 5 heteroatoms. The Bertz CT molecular complexity index is 586. The Hall–Kier alpha value is -1.10. The summed E-state index contributed by atoms with van der Waals surface area (Å²) < 4.78 is 0. The van der Waals surface area contributed by atoms with E-state index in [1.54, 1.807) is 0 Å². The third-order valence-corrected chi connectivity index (χ3v) is 7.90. The van der Waals surface area contributed by atoms with Crippen LogP contribution in [0.4, 0.5) is 0 Å². The van der Waals surface area contributed by atoms with Crippen molar-refractivity contribution < 1.29 is 9.59 Å². The number of amides is 2. The molecule has 1 aliphatic heterocycles. The number of nitrogens with zero attached hydrogens (tertiary/aromatic N) is 1. The molecule has 5 fully saturated rings. The molecule has 1 heterocycles. The Morgan fingerprint density at radius 1 is 0.929 bits per heavy atom. The third kappa shape index (κ3) is 4.39. The summed E-state index contributed by atoms with van der Waals surface area (Å²) in [4.78, 5) is 27.3. The van der Waals surface area contributed by atoms with Crippen molar-refractivity contribution in [2.75, 3.05) is 19.6 Å². The van der Waals surface area contributed by atoms with Crippen LogP contribution in [0, 0.1) is 17.3 Å². The van der Waals surface area contributed by atoms with Gasteiger partial charge in [-0.15, -0.1) is 0 Å². The van der Waals surface area contributed by atoms with Crippen LogP contribution < -0.4 is 10.6 Å². The molecule has 0 aromatic rings. The van der Waals surface area contributed by atoms with Gasteiger partial charge < -0.3 is 10.6 Å². The summed E-state index contributed by atoms with van der Waals surface area (Å²) in [5, 5.41) is 6.56. The lowest BCUT2D eigenvalue weighted by atomic mass is 9.64. The molecule has 2 N–H and O–H groups in total. The predicted molar refractivity (Wildman–Crippen MR) is 111 cm³/mol. The monoisotopic (exact) mass is 389 g/mol. The molecule has 0 radical (unpaired) electrons. The summed E-state index contributed by atoms with van der Waals surface area (Å²) in [7, 11) is 0. The quantitative estimate of drug-likeness (QED) is 0.776. The molecular formula is C23H39N3O2. The molecule has 1 saturated heterocycles. The maximum atomic E-state index is 12.9. The maximum absolute atomic E-state index is 12.9. The number of nitrogens with one attached hydrogen (secondary N) is 2. The number of likely N-dealkylation sites (tertiary alicyclic amines) is 1. The van der Waals surface area contributed by atoms with Crippen LogP contribution in [0.25, 0.3) is 0 Å². The van der Waals surface area contributed by atoms with E-state index in [1.807, 2.05) is 20.8 Å². The van der Waals surface area contributed by atoms with Gasteiger partial charge in [-0.2, -0.15) is 0 Å². The van der Waals surface area contributed by atoms with E-state index in [4.69, 9.17) is 0 Å². The topological polar surface area (TPSA) is 61.4 Å². The standard InChI is InChI=1S/C23H39N3O2/c1-21(2,3)24-19(27)14-26-15-22(16-26)9-7-18(8-10-22)20(28)25-23-11-4-17(5-12-23)6-13-23/h17-18H,4-16H2,1-3H3,(H,24,27)(H,25,28). The fourth-order valence-corrected chi connectivity index (χ4v) is 6.28. The van der Waals surface area contributed by atoms with Gasteiger partial charge in [0.25, 0.3) is 0 Å². The highest BCUT2D eigenvalue weighted by Gasteiger charge is 2.47. The first-order chi connectivity index (χ1) is 13.2. The molecule has 0 aromatic heterocycles. The minimum atomic E-state index is -0.165. The maximum Gasteiger partial charge on any atom is 0.234 e. The van der Waals surface area contributed by atoms with Crippen molar-refractivity contribution in [3.05, 3.63) is 0 Å². The fraction of sp³-hybridized carbons (Fsp3) is 0.913. The molecule has 0 unspecified atom stereocenters. The lowest BCUT2D eigenvalue weighted by Gasteiger charge is -2.53. The van der Waals surface area contributed by atoms with Crippen molar-refractivity contribution in [3.63, 3.8) is 0 Å². The zero-order chi connectivity index (χ0) is 20.0. The van der Waals surface area contributed by atoms with Gasteiger partial charge in [0.2, 0.25) is 11.8 Å². The number of rotatable bonds is 4. The fourth-order valence-electron chi connectivity index (χ4n) is 6.28. The predicted octanol–water partition coefficient (Wildman–Crippen LogP) is 3.23. The first kappa shape index (κ1) is 20.2. The zero-order valence-corrected chi connectivity index (χ0v) is 18.1. The molecule has 5 nitrogen and oxygen atoms in total. The first-order valence-corrected chi connectivity index (χ1v) is 11.5. The Labute approximate surface area is 170 Å². The zero-order valence-electron chi connectivity index (χ0n) is 18.1. The highest BCUT2D eigenvalue weighted by atomic mass is 16.2. The van der Waals surface area contributed by atoms with Gasteiger partial charge in [0.05, 0.1) is 6.54 Å². The van der Waals surface area contributed by atoms with Gasteiger partial charge >= 0.3 is 0 Å². The van der Waals surface area contributed by atoms with Crippen molar-refractivity contribution in [3.8, 4) is 0 Å². The van der Waals surface area contributed by atoms with Crippen LogP contribution in [0.15, 0.2) is 0 Å². The molecule has 2 amide bonds. The van der Waals surface area contributed by atoms with E-state index in [2.05, 4.69) is 15.5 Å². The van der Waals surface area contributed by atoms with E-state index in [0.717, 1.165) is 44.7 Å². The molecule has 0 atom stereocenters. The lowest BCUT2D eigenvalue weighted by Crippen LogP contribution is -2.61. The normalized spacial score (nSPS) is 32.8. The van der Waals surface area contributed by atoms with E-state index in [0.29, 0.717) is 17.9 Å². The SMILES string of the molecule is CC(C)(C)NC(=O)CN1CC2(CCC(C(=O)NC34CCC(CC3)CC4)CC2)C1. The molecule has 2 bridgehead atoms. The Morgan fingerprint density at radius 3 is 2.04 bits per heavy atom. The van der Waals surface area contributed by atoms with Crippen molar-refractivity contribution >= 4 is 11.8 Å². The second kappa shape index (κ2) is 7.30. The van der Waals surface area contributed by atoms with Gasteiger partial charge in [-0.25, -0.2) is 0 Å². The second-order valence-electron chi connectivity index (χ2n) is 11.5. The Kier molecular flexibility index (Phi) is 5.26. The van der Waals surface area contributed by atoms with Gasteiger partial charge in [-0.1, -0.05) is 0 Å². The van der Waals surface area contributed by atoms with Crippen molar-refractivity contribution in [1.29, 1.82) is 0 Å².